The Balaban J connectivity index is 1.05. The number of aliphatic hydroxyl groups excluding tert-OH is 11. The highest BCUT2D eigenvalue weighted by atomic mass is 16.8. The van der Waals surface area contributed by atoms with E-state index in [0.717, 1.165) is 18.4 Å². The highest BCUT2D eigenvalue weighted by Crippen LogP contribution is 2.74. The lowest BCUT2D eigenvalue weighted by Gasteiger charge is -2.65. The summed E-state index contributed by atoms with van der Waals surface area (Å²) in [5, 5.41) is 116. The Kier molecular flexibility index (Phi) is 15.2. The van der Waals surface area contributed by atoms with Crippen molar-refractivity contribution in [3.05, 3.63) is 11.6 Å². The van der Waals surface area contributed by atoms with Gasteiger partial charge in [0.2, 0.25) is 0 Å². The largest absolute Gasteiger partial charge is 0.394 e. The molecule has 66 heavy (non-hydrogen) atoms. The number of hydrogen-bond acceptors (Lipinski definition) is 18. The van der Waals surface area contributed by atoms with E-state index in [9.17, 15) is 56.2 Å². The summed E-state index contributed by atoms with van der Waals surface area (Å²) in [4.78, 5) is 15.1. The molecule has 0 aromatic rings. The van der Waals surface area contributed by atoms with E-state index in [2.05, 4.69) is 47.6 Å². The van der Waals surface area contributed by atoms with Crippen LogP contribution in [0.4, 0.5) is 0 Å². The molecule has 24 atom stereocenters. The molecule has 18 heteroatoms. The molecule has 0 aromatic carbocycles. The van der Waals surface area contributed by atoms with Crippen molar-refractivity contribution in [3.63, 3.8) is 0 Å². The molecule has 0 spiro atoms. The van der Waals surface area contributed by atoms with Crippen LogP contribution in [-0.4, -0.2) is 185 Å². The smallest absolute Gasteiger partial charge is 0.187 e. The number of carbonyl (C=O) groups excluding carboxylic acids is 1. The van der Waals surface area contributed by atoms with Crippen molar-refractivity contribution in [2.45, 2.75) is 224 Å². The molecule has 3 aliphatic heterocycles. The molecular weight excluding hydrogens is 865 g/mol. The zero-order valence-corrected chi connectivity index (χ0v) is 40.0. The molecule has 7 rings (SSSR count). The van der Waals surface area contributed by atoms with Crippen molar-refractivity contribution in [3.8, 4) is 0 Å². The zero-order chi connectivity index (χ0) is 48.8. The summed E-state index contributed by atoms with van der Waals surface area (Å²) in [6.45, 7) is 16.8. The Morgan fingerprint density at radius 3 is 1.97 bits per heavy atom. The molecule has 0 amide bonds. The summed E-state index contributed by atoms with van der Waals surface area (Å²) >= 11 is 0. The highest BCUT2D eigenvalue weighted by Gasteiger charge is 2.71. The predicted molar refractivity (Wildman–Crippen MR) is 233 cm³/mol. The lowest BCUT2D eigenvalue weighted by Crippen LogP contribution is -2.65. The number of Topliss-reactive ketones (excluding diaryl/α,β-unsaturated/α-hetero) is 1. The van der Waals surface area contributed by atoms with Crippen LogP contribution in [0.2, 0.25) is 0 Å². The molecule has 3 heterocycles. The third-order valence-corrected chi connectivity index (χ3v) is 18.4. The van der Waals surface area contributed by atoms with Gasteiger partial charge in [-0.15, -0.1) is 0 Å². The Morgan fingerprint density at radius 1 is 0.742 bits per heavy atom. The number of rotatable bonds is 13. The quantitative estimate of drug-likeness (QED) is 0.110. The van der Waals surface area contributed by atoms with Gasteiger partial charge in [0.15, 0.2) is 18.9 Å². The van der Waals surface area contributed by atoms with Gasteiger partial charge in [0.25, 0.3) is 0 Å². The lowest BCUT2D eigenvalue weighted by atomic mass is 9.38. The van der Waals surface area contributed by atoms with E-state index in [0.29, 0.717) is 38.5 Å². The normalized spacial score (nSPS) is 50.5. The van der Waals surface area contributed by atoms with Crippen LogP contribution in [-0.2, 0) is 33.2 Å². The predicted octanol–water partition coefficient (Wildman–Crippen LogP) is 0.180. The van der Waals surface area contributed by atoms with Crippen molar-refractivity contribution in [2.75, 3.05) is 13.2 Å². The first-order valence-corrected chi connectivity index (χ1v) is 24.2. The van der Waals surface area contributed by atoms with Gasteiger partial charge in [-0.05, 0) is 100 Å². The van der Waals surface area contributed by atoms with Gasteiger partial charge < -0.3 is 84.6 Å². The van der Waals surface area contributed by atoms with Gasteiger partial charge in [-0.2, -0.15) is 0 Å². The molecule has 24 unspecified atom stereocenters. The summed E-state index contributed by atoms with van der Waals surface area (Å²) in [5.41, 5.74) is -1.80. The molecule has 0 bridgehead atoms. The maximum absolute atomic E-state index is 15.1. The minimum Gasteiger partial charge on any atom is -0.394 e. The van der Waals surface area contributed by atoms with E-state index < -0.39 is 139 Å². The number of allylic oxidation sites excluding steroid dienone is 1. The fraction of sp³-hybridized carbons (Fsp3) is 0.938. The topological polar surface area (TPSA) is 295 Å². The van der Waals surface area contributed by atoms with Crippen LogP contribution in [0.25, 0.3) is 0 Å². The number of hydrogen-bond donors (Lipinski definition) is 11. The second-order valence-corrected chi connectivity index (χ2v) is 22.8. The minimum absolute atomic E-state index is 0.0260. The second-order valence-electron chi connectivity index (χ2n) is 22.8. The summed E-state index contributed by atoms with van der Waals surface area (Å²) in [7, 11) is 0. The molecule has 4 aliphatic carbocycles. The molecule has 7 aliphatic rings. The molecule has 3 saturated heterocycles. The van der Waals surface area contributed by atoms with Crippen LogP contribution in [0, 0.1) is 45.3 Å². The van der Waals surface area contributed by atoms with E-state index in [4.69, 9.17) is 28.4 Å². The number of aliphatic hydroxyl groups is 11. The van der Waals surface area contributed by atoms with Crippen LogP contribution in [0.5, 0.6) is 0 Å². The number of ketones is 1. The molecule has 3 saturated carbocycles. The molecule has 18 nitrogen and oxygen atoms in total. The zero-order valence-electron chi connectivity index (χ0n) is 40.0. The molecule has 0 radical (unpaired) electrons. The summed E-state index contributed by atoms with van der Waals surface area (Å²) in [6, 6.07) is 0. The minimum atomic E-state index is -1.70. The van der Waals surface area contributed by atoms with E-state index in [1.165, 1.54) is 6.92 Å². The molecule has 380 valence electrons. The van der Waals surface area contributed by atoms with Crippen molar-refractivity contribution in [1.82, 2.24) is 0 Å². The summed E-state index contributed by atoms with van der Waals surface area (Å²) in [5.74, 6) is 0.0279. The first-order chi connectivity index (χ1) is 30.7. The average Bonchev–Trinajstić information content (AvgIpc) is 3.53. The SMILES string of the molecule is CC1OC(OC2C(OC3CCC4C(=CCC5C4(C)C(=O)CC4(C)C(C(C)C(O)CCC(C)(C)OC6OC(CO)C(O)C(O)C6O)CCC54C)C3(C)C)OC(CO)C(O)C2O)C(O)C(O)C1O. The first kappa shape index (κ1) is 52.6. The van der Waals surface area contributed by atoms with Gasteiger partial charge in [0, 0.05) is 17.3 Å². The van der Waals surface area contributed by atoms with Crippen molar-refractivity contribution in [2.24, 2.45) is 45.3 Å². The van der Waals surface area contributed by atoms with Gasteiger partial charge >= 0.3 is 0 Å². The van der Waals surface area contributed by atoms with E-state index in [1.807, 2.05) is 0 Å². The van der Waals surface area contributed by atoms with Crippen LogP contribution in [0.15, 0.2) is 11.6 Å². The summed E-state index contributed by atoms with van der Waals surface area (Å²) in [6.07, 6.45) is -15.7. The van der Waals surface area contributed by atoms with Gasteiger partial charge in [-0.3, -0.25) is 4.79 Å². The van der Waals surface area contributed by atoms with Gasteiger partial charge in [-0.1, -0.05) is 53.2 Å². The molecule has 6 fully saturated rings. The van der Waals surface area contributed by atoms with Crippen LogP contribution >= 0.6 is 0 Å². The van der Waals surface area contributed by atoms with E-state index in [-0.39, 0.29) is 34.9 Å². The van der Waals surface area contributed by atoms with Crippen molar-refractivity contribution in [1.29, 1.82) is 0 Å². The highest BCUT2D eigenvalue weighted by molar-refractivity contribution is 5.88. The standard InChI is InChI=1S/C48H80O18/c1-21(26(51)15-16-44(3,4)66-42-39(60)36(57)33(54)27(19-49)62-42)23-14-17-46(7)29-12-10-24-25(48(29,9)30(52)18-47(23,46)8)11-13-31(45(24,5)6)64-43-40(37(58)34(55)28(20-50)63-43)65-41-38(59)35(56)32(53)22(2)61-41/h10,21-23,25-29,31-43,49-51,53-60H,11-20H2,1-9H3. The fourth-order valence-corrected chi connectivity index (χ4v) is 13.9. The number of carbonyl (C=O) groups is 1. The van der Waals surface area contributed by atoms with Gasteiger partial charge in [0.05, 0.1) is 37.1 Å². The van der Waals surface area contributed by atoms with Crippen LogP contribution in [0.1, 0.15) is 114 Å². The van der Waals surface area contributed by atoms with E-state index in [1.54, 1.807) is 13.8 Å². The number of ether oxygens (including phenoxy) is 6. The Morgan fingerprint density at radius 2 is 1.33 bits per heavy atom. The lowest BCUT2D eigenvalue weighted by molar-refractivity contribution is -0.372. The summed E-state index contributed by atoms with van der Waals surface area (Å²) < 4.78 is 36.1. The van der Waals surface area contributed by atoms with E-state index >= 15 is 4.79 Å². The monoisotopic (exact) mass is 945 g/mol. The first-order valence-electron chi connectivity index (χ1n) is 24.2. The third kappa shape index (κ3) is 8.70. The molecule has 11 N–H and O–H groups in total. The van der Waals surface area contributed by atoms with Gasteiger partial charge in [0.1, 0.15) is 72.9 Å². The maximum atomic E-state index is 15.1. The Bertz CT molecular complexity index is 1740. The van der Waals surface area contributed by atoms with Crippen molar-refractivity contribution >= 4 is 5.78 Å². The molecular formula is C48H80O18. The van der Waals surface area contributed by atoms with Crippen LogP contribution in [0.3, 0.4) is 0 Å². The van der Waals surface area contributed by atoms with Gasteiger partial charge in [-0.25, -0.2) is 0 Å². The third-order valence-electron chi connectivity index (χ3n) is 18.4. The Hall–Kier alpha value is -1.27. The van der Waals surface area contributed by atoms with Crippen molar-refractivity contribution < 1.29 is 89.4 Å². The Labute approximate surface area is 388 Å². The fourth-order valence-electron chi connectivity index (χ4n) is 13.9. The molecule has 0 aromatic heterocycles. The second kappa shape index (κ2) is 19.1. The average molecular weight is 945 g/mol. The number of fused-ring (bicyclic) bond motifs is 5. The van der Waals surface area contributed by atoms with Crippen LogP contribution < -0.4 is 0 Å². The maximum Gasteiger partial charge on any atom is 0.187 e.